The molecule has 1 fully saturated rings. The minimum Gasteiger partial charge on any atom is -0.369 e. The summed E-state index contributed by atoms with van der Waals surface area (Å²) >= 11 is 5.88. The zero-order valence-electron chi connectivity index (χ0n) is 15.0. The van der Waals surface area contributed by atoms with E-state index < -0.39 is 0 Å². The zero-order valence-corrected chi connectivity index (χ0v) is 15.8. The van der Waals surface area contributed by atoms with Crippen LogP contribution in [-0.2, 0) is 11.2 Å². The van der Waals surface area contributed by atoms with Gasteiger partial charge in [0.25, 0.3) is 0 Å². The minimum atomic E-state index is 0.129. The van der Waals surface area contributed by atoms with E-state index in [9.17, 15) is 4.79 Å². The van der Waals surface area contributed by atoms with Gasteiger partial charge in [-0.25, -0.2) is 0 Å². The Kier molecular flexibility index (Phi) is 6.92. The highest BCUT2D eigenvalue weighted by atomic mass is 35.5. The first-order valence-electron chi connectivity index (χ1n) is 9.24. The number of anilines is 1. The van der Waals surface area contributed by atoms with E-state index in [1.165, 1.54) is 11.3 Å². The molecule has 2 aromatic rings. The number of para-hydroxylation sites is 1. The molecule has 138 valence electrons. The number of hydrogen-bond donors (Lipinski definition) is 1. The molecule has 3 rings (SSSR count). The van der Waals surface area contributed by atoms with E-state index in [4.69, 9.17) is 11.6 Å². The lowest BCUT2D eigenvalue weighted by molar-refractivity contribution is -0.121. The summed E-state index contributed by atoms with van der Waals surface area (Å²) in [5, 5.41) is 3.75. The van der Waals surface area contributed by atoms with Crippen molar-refractivity contribution in [2.24, 2.45) is 0 Å². The molecule has 4 nitrogen and oxygen atoms in total. The fourth-order valence-electron chi connectivity index (χ4n) is 3.21. The summed E-state index contributed by atoms with van der Waals surface area (Å²) in [7, 11) is 0. The second-order valence-corrected chi connectivity index (χ2v) is 7.08. The van der Waals surface area contributed by atoms with Crippen molar-refractivity contribution in [3.63, 3.8) is 0 Å². The van der Waals surface area contributed by atoms with E-state index in [0.29, 0.717) is 13.0 Å². The van der Waals surface area contributed by atoms with Crippen LogP contribution >= 0.6 is 11.6 Å². The predicted molar refractivity (Wildman–Crippen MR) is 108 cm³/mol. The molecule has 1 N–H and O–H groups in total. The molecule has 0 aromatic heterocycles. The van der Waals surface area contributed by atoms with Gasteiger partial charge in [-0.3, -0.25) is 9.69 Å². The average Bonchev–Trinajstić information content (AvgIpc) is 2.69. The summed E-state index contributed by atoms with van der Waals surface area (Å²) in [5.74, 6) is 0.129. The normalized spacial score (nSPS) is 15.0. The smallest absolute Gasteiger partial charge is 0.221 e. The van der Waals surface area contributed by atoms with Gasteiger partial charge in [0.2, 0.25) is 5.91 Å². The van der Waals surface area contributed by atoms with Crippen molar-refractivity contribution >= 4 is 23.2 Å². The predicted octanol–water partition coefficient (Wildman–Crippen LogP) is 3.21. The fraction of sp³-hybridized carbons (Fsp3) is 0.381. The van der Waals surface area contributed by atoms with Crippen molar-refractivity contribution in [2.45, 2.75) is 12.8 Å². The monoisotopic (exact) mass is 371 g/mol. The van der Waals surface area contributed by atoms with Crippen molar-refractivity contribution in [3.8, 4) is 0 Å². The Bertz CT molecular complexity index is 682. The van der Waals surface area contributed by atoms with Crippen molar-refractivity contribution < 1.29 is 4.79 Å². The van der Waals surface area contributed by atoms with E-state index in [0.717, 1.165) is 44.2 Å². The molecule has 0 radical (unpaired) electrons. The van der Waals surface area contributed by atoms with Gasteiger partial charge >= 0.3 is 0 Å². The van der Waals surface area contributed by atoms with Gasteiger partial charge < -0.3 is 10.2 Å². The van der Waals surface area contributed by atoms with E-state index in [2.05, 4.69) is 39.4 Å². The van der Waals surface area contributed by atoms with Crippen LogP contribution in [-0.4, -0.2) is 50.1 Å². The number of carbonyl (C=O) groups is 1. The van der Waals surface area contributed by atoms with Crippen molar-refractivity contribution in [1.82, 2.24) is 10.2 Å². The number of carbonyl (C=O) groups excluding carboxylic acids is 1. The van der Waals surface area contributed by atoms with Crippen LogP contribution < -0.4 is 10.2 Å². The molecule has 1 heterocycles. The molecule has 0 unspecified atom stereocenters. The summed E-state index contributed by atoms with van der Waals surface area (Å²) in [6.07, 6.45) is 1.39. The highest BCUT2D eigenvalue weighted by molar-refractivity contribution is 6.30. The number of rotatable bonds is 7. The van der Waals surface area contributed by atoms with Crippen LogP contribution in [0.2, 0.25) is 5.02 Å². The van der Waals surface area contributed by atoms with Crippen molar-refractivity contribution in [3.05, 3.63) is 65.2 Å². The number of nitrogens with zero attached hydrogens (tertiary/aromatic N) is 2. The summed E-state index contributed by atoms with van der Waals surface area (Å²) in [4.78, 5) is 16.8. The second kappa shape index (κ2) is 9.60. The molecule has 0 atom stereocenters. The molecule has 0 bridgehead atoms. The van der Waals surface area contributed by atoms with Gasteiger partial charge in [-0.1, -0.05) is 41.9 Å². The number of nitrogens with one attached hydrogen (secondary N) is 1. The highest BCUT2D eigenvalue weighted by Gasteiger charge is 2.17. The maximum Gasteiger partial charge on any atom is 0.221 e. The van der Waals surface area contributed by atoms with Gasteiger partial charge in [-0.2, -0.15) is 0 Å². The first-order valence-corrected chi connectivity index (χ1v) is 9.62. The Morgan fingerprint density at radius 2 is 1.65 bits per heavy atom. The largest absolute Gasteiger partial charge is 0.369 e. The molecule has 2 aromatic carbocycles. The molecule has 0 aliphatic carbocycles. The Morgan fingerprint density at radius 1 is 0.962 bits per heavy atom. The zero-order chi connectivity index (χ0) is 18.2. The van der Waals surface area contributed by atoms with Gasteiger partial charge in [0.15, 0.2) is 0 Å². The molecule has 1 aliphatic heterocycles. The van der Waals surface area contributed by atoms with Crippen LogP contribution in [0.15, 0.2) is 54.6 Å². The van der Waals surface area contributed by atoms with Crippen molar-refractivity contribution in [1.29, 1.82) is 0 Å². The number of amides is 1. The topological polar surface area (TPSA) is 35.6 Å². The third-order valence-electron chi connectivity index (χ3n) is 4.80. The average molecular weight is 372 g/mol. The molecule has 5 heteroatoms. The SMILES string of the molecule is O=C(CCN1CCN(c2ccccc2)CC1)NCCc1ccc(Cl)cc1. The maximum atomic E-state index is 12.0. The number of hydrogen-bond acceptors (Lipinski definition) is 3. The third kappa shape index (κ3) is 5.75. The van der Waals surface area contributed by atoms with Crippen LogP contribution in [0, 0.1) is 0 Å². The molecule has 1 amide bonds. The fourth-order valence-corrected chi connectivity index (χ4v) is 3.34. The van der Waals surface area contributed by atoms with Crippen LogP contribution in [0.3, 0.4) is 0 Å². The Morgan fingerprint density at radius 3 is 2.35 bits per heavy atom. The number of piperazine rings is 1. The van der Waals surface area contributed by atoms with E-state index in [-0.39, 0.29) is 5.91 Å². The quantitative estimate of drug-likeness (QED) is 0.811. The lowest BCUT2D eigenvalue weighted by atomic mass is 10.1. The molecule has 1 saturated heterocycles. The van der Waals surface area contributed by atoms with E-state index in [1.54, 1.807) is 0 Å². The van der Waals surface area contributed by atoms with Gasteiger partial charge in [-0.05, 0) is 36.2 Å². The molecule has 0 spiro atoms. The lowest BCUT2D eigenvalue weighted by Gasteiger charge is -2.36. The van der Waals surface area contributed by atoms with Crippen LogP contribution in [0.25, 0.3) is 0 Å². The Hall–Kier alpha value is -2.04. The molecular weight excluding hydrogens is 346 g/mol. The van der Waals surface area contributed by atoms with Gasteiger partial charge in [0.1, 0.15) is 0 Å². The third-order valence-corrected chi connectivity index (χ3v) is 5.05. The standard InChI is InChI=1S/C21H26ClN3O/c22-19-8-6-18(7-9-19)10-12-23-21(26)11-13-24-14-16-25(17-15-24)20-4-2-1-3-5-20/h1-9H,10-17H2,(H,23,26). The molecular formula is C21H26ClN3O. The van der Waals surface area contributed by atoms with Crippen molar-refractivity contribution in [2.75, 3.05) is 44.2 Å². The lowest BCUT2D eigenvalue weighted by Crippen LogP contribution is -2.47. The molecule has 26 heavy (non-hydrogen) atoms. The summed E-state index contributed by atoms with van der Waals surface area (Å²) < 4.78 is 0. The Labute approximate surface area is 160 Å². The number of benzene rings is 2. The molecule has 1 aliphatic rings. The summed E-state index contributed by atoms with van der Waals surface area (Å²) in [6.45, 7) is 5.54. The van der Waals surface area contributed by atoms with E-state index in [1.807, 2.05) is 30.3 Å². The van der Waals surface area contributed by atoms with Crippen LogP contribution in [0.5, 0.6) is 0 Å². The summed E-state index contributed by atoms with van der Waals surface area (Å²) in [5.41, 5.74) is 2.47. The van der Waals surface area contributed by atoms with Gasteiger partial charge in [0, 0.05) is 56.4 Å². The molecule has 0 saturated carbocycles. The Balaban J connectivity index is 1.31. The summed E-state index contributed by atoms with van der Waals surface area (Å²) in [6, 6.07) is 18.3. The second-order valence-electron chi connectivity index (χ2n) is 6.64. The minimum absolute atomic E-state index is 0.129. The first-order chi connectivity index (χ1) is 12.7. The van der Waals surface area contributed by atoms with Crippen LogP contribution in [0.1, 0.15) is 12.0 Å². The van der Waals surface area contributed by atoms with Gasteiger partial charge in [0.05, 0.1) is 0 Å². The maximum absolute atomic E-state index is 12.0. The highest BCUT2D eigenvalue weighted by Crippen LogP contribution is 2.15. The van der Waals surface area contributed by atoms with Gasteiger partial charge in [-0.15, -0.1) is 0 Å². The van der Waals surface area contributed by atoms with Crippen LogP contribution in [0.4, 0.5) is 5.69 Å². The first kappa shape index (κ1) is 18.7. The number of halogens is 1. The van der Waals surface area contributed by atoms with E-state index >= 15 is 0 Å².